The van der Waals surface area contributed by atoms with E-state index in [-0.39, 0.29) is 18.4 Å². The van der Waals surface area contributed by atoms with Gasteiger partial charge in [-0.3, -0.25) is 14.6 Å². The largest absolute Gasteiger partial charge is 0.481 e. The maximum Gasteiger partial charge on any atom is 0.308 e. The van der Waals surface area contributed by atoms with Gasteiger partial charge in [-0.1, -0.05) is 6.92 Å². The van der Waals surface area contributed by atoms with Crippen LogP contribution in [0.5, 0.6) is 0 Å². The zero-order valence-electron chi connectivity index (χ0n) is 14.1. The summed E-state index contributed by atoms with van der Waals surface area (Å²) in [6.45, 7) is 5.76. The summed E-state index contributed by atoms with van der Waals surface area (Å²) >= 11 is 0. The molecular formula is C18H23N3O3. The molecule has 24 heavy (non-hydrogen) atoms. The van der Waals surface area contributed by atoms with Crippen LogP contribution in [0.4, 0.5) is 5.69 Å². The molecular weight excluding hydrogens is 306 g/mol. The lowest BCUT2D eigenvalue weighted by Gasteiger charge is -2.34. The maximum atomic E-state index is 12.7. The number of anilines is 1. The third-order valence-corrected chi connectivity index (χ3v) is 4.69. The Morgan fingerprint density at radius 1 is 1.21 bits per heavy atom. The number of nitrogens with zero attached hydrogens (tertiary/aromatic N) is 3. The number of rotatable bonds is 3. The van der Waals surface area contributed by atoms with Crippen molar-refractivity contribution in [1.82, 2.24) is 4.90 Å². The van der Waals surface area contributed by atoms with Crippen LogP contribution in [0.15, 0.2) is 29.4 Å². The summed E-state index contributed by atoms with van der Waals surface area (Å²) in [4.78, 5) is 25.6. The van der Waals surface area contributed by atoms with Gasteiger partial charge >= 0.3 is 5.97 Å². The Kier molecular flexibility index (Phi) is 4.55. The van der Waals surface area contributed by atoms with E-state index >= 15 is 0 Å². The minimum absolute atomic E-state index is 0.0968. The van der Waals surface area contributed by atoms with Crippen molar-refractivity contribution >= 4 is 23.3 Å². The second-order valence-electron chi connectivity index (χ2n) is 6.84. The molecule has 0 radical (unpaired) electrons. The first-order chi connectivity index (χ1) is 11.4. The SMILES string of the molecule is CC1=NN(c2ccc(C(=O)N3CC(C)CC(C(=O)O)C3)cc2)CC1. The Morgan fingerprint density at radius 3 is 2.50 bits per heavy atom. The number of hydrazone groups is 1. The molecule has 1 N–H and O–H groups in total. The Bertz CT molecular complexity index is 669. The zero-order chi connectivity index (χ0) is 17.3. The van der Waals surface area contributed by atoms with E-state index in [4.69, 9.17) is 0 Å². The molecule has 0 aliphatic carbocycles. The van der Waals surface area contributed by atoms with E-state index in [0.717, 1.165) is 24.4 Å². The lowest BCUT2D eigenvalue weighted by Crippen LogP contribution is -2.45. The molecule has 2 atom stereocenters. The molecule has 6 heteroatoms. The number of hydrogen-bond donors (Lipinski definition) is 1. The molecule has 2 unspecified atom stereocenters. The van der Waals surface area contributed by atoms with Crippen LogP contribution in [0, 0.1) is 11.8 Å². The van der Waals surface area contributed by atoms with Gasteiger partial charge in [0, 0.05) is 37.3 Å². The van der Waals surface area contributed by atoms with E-state index in [1.807, 2.05) is 31.0 Å². The van der Waals surface area contributed by atoms with Crippen molar-refractivity contribution < 1.29 is 14.7 Å². The van der Waals surface area contributed by atoms with Crippen molar-refractivity contribution in [3.8, 4) is 0 Å². The van der Waals surface area contributed by atoms with Gasteiger partial charge in [-0.05, 0) is 43.5 Å². The minimum Gasteiger partial charge on any atom is -0.481 e. The fourth-order valence-corrected chi connectivity index (χ4v) is 3.42. The highest BCUT2D eigenvalue weighted by Crippen LogP contribution is 2.25. The van der Waals surface area contributed by atoms with Crippen LogP contribution in [0.25, 0.3) is 0 Å². The van der Waals surface area contributed by atoms with E-state index in [1.54, 1.807) is 17.0 Å². The molecule has 3 rings (SSSR count). The van der Waals surface area contributed by atoms with Gasteiger partial charge in [-0.2, -0.15) is 5.10 Å². The summed E-state index contributed by atoms with van der Waals surface area (Å²) in [6.07, 6.45) is 1.59. The molecule has 1 aromatic carbocycles. The average Bonchev–Trinajstić information content (AvgIpc) is 3.00. The van der Waals surface area contributed by atoms with Gasteiger partial charge in [0.15, 0.2) is 0 Å². The van der Waals surface area contributed by atoms with Crippen LogP contribution in [-0.4, -0.2) is 47.2 Å². The minimum atomic E-state index is -0.822. The van der Waals surface area contributed by atoms with Gasteiger partial charge in [0.1, 0.15) is 0 Å². The van der Waals surface area contributed by atoms with E-state index < -0.39 is 11.9 Å². The molecule has 1 fully saturated rings. The summed E-state index contributed by atoms with van der Waals surface area (Å²) in [6, 6.07) is 7.40. The highest BCUT2D eigenvalue weighted by Gasteiger charge is 2.32. The predicted octanol–water partition coefficient (Wildman–Crippen LogP) is 2.46. The van der Waals surface area contributed by atoms with E-state index in [1.165, 1.54) is 0 Å². The number of hydrogen-bond acceptors (Lipinski definition) is 4. The van der Waals surface area contributed by atoms with E-state index in [9.17, 15) is 14.7 Å². The van der Waals surface area contributed by atoms with Gasteiger partial charge in [-0.25, -0.2) is 0 Å². The van der Waals surface area contributed by atoms with Crippen molar-refractivity contribution in [2.75, 3.05) is 24.6 Å². The second-order valence-corrected chi connectivity index (χ2v) is 6.84. The van der Waals surface area contributed by atoms with Gasteiger partial charge < -0.3 is 10.0 Å². The number of amides is 1. The third kappa shape index (κ3) is 3.42. The smallest absolute Gasteiger partial charge is 0.308 e. The molecule has 2 aliphatic rings. The molecule has 2 heterocycles. The Balaban J connectivity index is 1.71. The Morgan fingerprint density at radius 2 is 1.92 bits per heavy atom. The van der Waals surface area contributed by atoms with E-state index in [2.05, 4.69) is 5.10 Å². The lowest BCUT2D eigenvalue weighted by molar-refractivity contribution is -0.143. The number of carbonyl (C=O) groups excluding carboxylic acids is 1. The van der Waals surface area contributed by atoms with Crippen molar-refractivity contribution in [2.45, 2.75) is 26.7 Å². The average molecular weight is 329 g/mol. The number of carboxylic acid groups (broad SMARTS) is 1. The number of piperidine rings is 1. The van der Waals surface area contributed by atoms with Crippen molar-refractivity contribution in [1.29, 1.82) is 0 Å². The summed E-state index contributed by atoms with van der Waals surface area (Å²) < 4.78 is 0. The van der Waals surface area contributed by atoms with Gasteiger partial charge in [0.25, 0.3) is 5.91 Å². The normalized spacial score (nSPS) is 24.0. The van der Waals surface area contributed by atoms with Crippen LogP contribution >= 0.6 is 0 Å². The predicted molar refractivity (Wildman–Crippen MR) is 92.3 cm³/mol. The third-order valence-electron chi connectivity index (χ3n) is 4.69. The fraction of sp³-hybridized carbons (Fsp3) is 0.500. The monoisotopic (exact) mass is 329 g/mol. The molecule has 2 aliphatic heterocycles. The van der Waals surface area contributed by atoms with E-state index in [0.29, 0.717) is 18.5 Å². The molecule has 128 valence electrons. The number of aliphatic carboxylic acids is 1. The molecule has 1 amide bonds. The number of benzene rings is 1. The Labute approximate surface area is 141 Å². The molecule has 1 aromatic rings. The summed E-state index contributed by atoms with van der Waals surface area (Å²) in [5.74, 6) is -1.19. The van der Waals surface area contributed by atoms with Crippen LogP contribution < -0.4 is 5.01 Å². The Hall–Kier alpha value is -2.37. The number of carbonyl (C=O) groups is 2. The molecule has 0 bridgehead atoms. The summed E-state index contributed by atoms with van der Waals surface area (Å²) in [5, 5.41) is 15.6. The standard InChI is InChI=1S/C18H23N3O3/c1-12-9-15(18(23)24)11-20(10-12)17(22)14-3-5-16(6-4-14)21-8-7-13(2)19-21/h3-6,12,15H,7-11H2,1-2H3,(H,23,24). The maximum absolute atomic E-state index is 12.7. The highest BCUT2D eigenvalue weighted by atomic mass is 16.4. The van der Waals surface area contributed by atoms with Crippen molar-refractivity contribution in [3.05, 3.63) is 29.8 Å². The van der Waals surface area contributed by atoms with Crippen LogP contribution in [0.3, 0.4) is 0 Å². The quantitative estimate of drug-likeness (QED) is 0.924. The summed E-state index contributed by atoms with van der Waals surface area (Å²) in [7, 11) is 0. The highest BCUT2D eigenvalue weighted by molar-refractivity contribution is 5.95. The summed E-state index contributed by atoms with van der Waals surface area (Å²) in [5.41, 5.74) is 2.67. The topological polar surface area (TPSA) is 73.2 Å². The van der Waals surface area contributed by atoms with Gasteiger partial charge in [0.05, 0.1) is 11.6 Å². The molecule has 6 nitrogen and oxygen atoms in total. The first kappa shape index (κ1) is 16.5. The van der Waals surface area contributed by atoms with Crippen LogP contribution in [0.1, 0.15) is 37.0 Å². The lowest BCUT2D eigenvalue weighted by atomic mass is 9.90. The number of likely N-dealkylation sites (tertiary alicyclic amines) is 1. The second kappa shape index (κ2) is 6.63. The zero-order valence-corrected chi connectivity index (χ0v) is 14.1. The molecule has 0 saturated carbocycles. The van der Waals surface area contributed by atoms with Crippen molar-refractivity contribution in [3.63, 3.8) is 0 Å². The van der Waals surface area contributed by atoms with Crippen LogP contribution in [-0.2, 0) is 4.79 Å². The molecule has 0 aromatic heterocycles. The van der Waals surface area contributed by atoms with Gasteiger partial charge in [-0.15, -0.1) is 0 Å². The first-order valence-corrected chi connectivity index (χ1v) is 8.38. The van der Waals surface area contributed by atoms with Crippen molar-refractivity contribution in [2.24, 2.45) is 16.9 Å². The first-order valence-electron chi connectivity index (χ1n) is 8.38. The van der Waals surface area contributed by atoms with Gasteiger partial charge in [0.2, 0.25) is 0 Å². The number of carboxylic acids is 1. The molecule has 0 spiro atoms. The molecule has 1 saturated heterocycles. The fourth-order valence-electron chi connectivity index (χ4n) is 3.42. The van der Waals surface area contributed by atoms with Crippen LogP contribution in [0.2, 0.25) is 0 Å².